The number of benzene rings is 3. The highest BCUT2D eigenvalue weighted by atomic mass is 31.2. The van der Waals surface area contributed by atoms with Gasteiger partial charge in [0.25, 0.3) is 0 Å². The molecule has 1 saturated carbocycles. The molecule has 0 aliphatic heterocycles. The molecule has 0 amide bonds. The Balaban J connectivity index is 0.000000569. The number of carboxylic acid groups (broad SMARTS) is 1. The van der Waals surface area contributed by atoms with Gasteiger partial charge in [0.2, 0.25) is 0 Å². The lowest BCUT2D eigenvalue weighted by molar-refractivity contribution is -0.283. The van der Waals surface area contributed by atoms with Crippen molar-refractivity contribution in [3.8, 4) is 0 Å². The van der Waals surface area contributed by atoms with Crippen molar-refractivity contribution >= 4 is 29.6 Å². The van der Waals surface area contributed by atoms with Gasteiger partial charge >= 0.3 is 0 Å². The van der Waals surface area contributed by atoms with Crippen molar-refractivity contribution < 1.29 is 9.90 Å². The van der Waals surface area contributed by atoms with Crippen LogP contribution in [0.1, 0.15) is 12.8 Å². The summed E-state index contributed by atoms with van der Waals surface area (Å²) in [5, 5.41) is 12.8. The molecule has 0 unspecified atom stereocenters. The topological polar surface area (TPSA) is 40.1 Å². The van der Waals surface area contributed by atoms with Gasteiger partial charge in [-0.15, -0.1) is 0 Å². The van der Waals surface area contributed by atoms with Crippen LogP contribution in [0.4, 0.5) is 0 Å². The first-order valence-electron chi connectivity index (χ1n) is 8.45. The van der Waals surface area contributed by atoms with Gasteiger partial charge in [-0.05, 0) is 49.2 Å². The fourth-order valence-corrected chi connectivity index (χ4v) is 8.54. The van der Waals surface area contributed by atoms with Crippen LogP contribution in [0.15, 0.2) is 91.0 Å². The third-order valence-electron chi connectivity index (χ3n) is 4.58. The van der Waals surface area contributed by atoms with E-state index in [1.165, 1.54) is 28.8 Å². The second-order valence-corrected chi connectivity index (χ2v) is 9.78. The van der Waals surface area contributed by atoms with Gasteiger partial charge in [0.1, 0.15) is 23.2 Å². The molecule has 3 aromatic carbocycles. The van der Waals surface area contributed by atoms with Crippen LogP contribution in [0.2, 0.25) is 0 Å². The molecule has 3 aromatic rings. The number of hydrogen-bond donors (Lipinski definition) is 0. The molecule has 1 aliphatic rings. The number of rotatable bonds is 4. The summed E-state index contributed by atoms with van der Waals surface area (Å²) in [5.74, 6) is 0. The molecular weight excluding hydrogens is 327 g/mol. The Kier molecular flexibility index (Phi) is 5.63. The van der Waals surface area contributed by atoms with Crippen molar-refractivity contribution in [2.45, 2.75) is 18.5 Å². The quantitative estimate of drug-likeness (QED) is 0.537. The van der Waals surface area contributed by atoms with E-state index >= 15 is 0 Å². The molecule has 0 bridgehead atoms. The van der Waals surface area contributed by atoms with Crippen LogP contribution in [-0.4, -0.2) is 12.1 Å². The molecule has 0 radical (unpaired) electrons. The highest BCUT2D eigenvalue weighted by Crippen LogP contribution is 2.67. The van der Waals surface area contributed by atoms with Crippen LogP contribution in [0, 0.1) is 0 Å². The van der Waals surface area contributed by atoms with Crippen LogP contribution in [0.25, 0.3) is 0 Å². The van der Waals surface area contributed by atoms with Gasteiger partial charge < -0.3 is 9.90 Å². The van der Waals surface area contributed by atoms with Gasteiger partial charge in [0, 0.05) is 6.47 Å². The Morgan fingerprint density at radius 1 is 0.680 bits per heavy atom. The van der Waals surface area contributed by atoms with Crippen LogP contribution in [0.5, 0.6) is 0 Å². The summed E-state index contributed by atoms with van der Waals surface area (Å²) >= 11 is 0. The third-order valence-corrected chi connectivity index (χ3v) is 9.53. The first-order valence-corrected chi connectivity index (χ1v) is 10.3. The zero-order chi connectivity index (χ0) is 17.5. The summed E-state index contributed by atoms with van der Waals surface area (Å²) in [6.45, 7) is -0.500. The van der Waals surface area contributed by atoms with Gasteiger partial charge in [0.15, 0.2) is 0 Å². The molecule has 0 aromatic heterocycles. The van der Waals surface area contributed by atoms with Crippen molar-refractivity contribution in [1.29, 1.82) is 0 Å². The second-order valence-electron chi connectivity index (χ2n) is 6.06. The van der Waals surface area contributed by atoms with E-state index in [1.54, 1.807) is 0 Å². The van der Waals surface area contributed by atoms with Crippen molar-refractivity contribution in [2.75, 3.05) is 0 Å². The zero-order valence-electron chi connectivity index (χ0n) is 14.0. The molecule has 1 fully saturated rings. The molecular formula is C22H21O2P. The predicted molar refractivity (Wildman–Crippen MR) is 104 cm³/mol. The Bertz CT molecular complexity index is 687. The first kappa shape index (κ1) is 17.4. The molecule has 126 valence electrons. The first-order chi connectivity index (χ1) is 12.3. The van der Waals surface area contributed by atoms with Gasteiger partial charge in [0.05, 0.1) is 5.66 Å². The average Bonchev–Trinajstić information content (AvgIpc) is 3.51. The van der Waals surface area contributed by atoms with Crippen molar-refractivity contribution in [3.63, 3.8) is 0 Å². The highest BCUT2D eigenvalue weighted by Gasteiger charge is 2.57. The average molecular weight is 348 g/mol. The lowest BCUT2D eigenvalue weighted by Crippen LogP contribution is -2.34. The van der Waals surface area contributed by atoms with Gasteiger partial charge in [-0.1, -0.05) is 54.6 Å². The minimum absolute atomic E-state index is 0.500. The lowest BCUT2D eigenvalue weighted by atomic mass is 10.4. The third kappa shape index (κ3) is 3.50. The van der Waals surface area contributed by atoms with Crippen LogP contribution in [-0.2, 0) is 4.79 Å². The fourth-order valence-electron chi connectivity index (χ4n) is 3.53. The number of carbonyl (C=O) groups excluding carboxylic acids is 1. The maximum atomic E-state index is 8.25. The van der Waals surface area contributed by atoms with E-state index in [1.807, 2.05) is 0 Å². The largest absolute Gasteiger partial charge is 0.554 e. The van der Waals surface area contributed by atoms with Crippen molar-refractivity contribution in [1.82, 2.24) is 0 Å². The molecule has 2 nitrogen and oxygen atoms in total. The van der Waals surface area contributed by atoms with Crippen molar-refractivity contribution in [2.24, 2.45) is 0 Å². The number of carbonyl (C=O) groups is 1. The normalized spacial score (nSPS) is 13.4. The smallest absolute Gasteiger partial charge is 0.115 e. The highest BCUT2D eigenvalue weighted by molar-refractivity contribution is 7.96. The van der Waals surface area contributed by atoms with E-state index in [2.05, 4.69) is 91.0 Å². The van der Waals surface area contributed by atoms with E-state index in [-0.39, 0.29) is 0 Å². The van der Waals surface area contributed by atoms with Crippen LogP contribution >= 0.6 is 7.26 Å². The molecule has 4 rings (SSSR count). The fraction of sp³-hybridized carbons (Fsp3) is 0.136. The summed E-state index contributed by atoms with van der Waals surface area (Å²) in [5.41, 5.74) is 0.805. The molecule has 0 heterocycles. The van der Waals surface area contributed by atoms with Gasteiger partial charge in [-0.25, -0.2) is 0 Å². The Hall–Kier alpha value is -2.44. The molecule has 25 heavy (non-hydrogen) atoms. The predicted octanol–water partition coefficient (Wildman–Crippen LogP) is 2.51. The van der Waals surface area contributed by atoms with E-state index in [0.29, 0.717) is 0 Å². The maximum Gasteiger partial charge on any atom is 0.115 e. The molecule has 3 heteroatoms. The summed E-state index contributed by atoms with van der Waals surface area (Å²) in [6.07, 6.45) is 2.71. The Morgan fingerprint density at radius 3 is 1.20 bits per heavy atom. The number of hydrogen-bond acceptors (Lipinski definition) is 2. The van der Waals surface area contributed by atoms with Crippen molar-refractivity contribution in [3.05, 3.63) is 91.0 Å². The molecule has 1 aliphatic carbocycles. The SMILES string of the molecule is O=C[O-].c1ccc([P+](c2ccccc2)(c2ccccc2)C2CC2)cc1. The Morgan fingerprint density at radius 2 is 0.960 bits per heavy atom. The standard InChI is InChI=1S/C21H20P.CH2O2/c1-4-10-18(11-5-1)22(21-16-17-21,19-12-6-2-7-13-19)20-14-8-3-9-15-20;2-1-3/h1-15,21H,16-17H2;1H,(H,2,3)/q+1;/p-1. The molecule has 0 saturated heterocycles. The molecule has 0 atom stereocenters. The summed E-state index contributed by atoms with van der Waals surface area (Å²) in [4.78, 5) is 8.25. The van der Waals surface area contributed by atoms with Gasteiger partial charge in [-0.2, -0.15) is 0 Å². The van der Waals surface area contributed by atoms with E-state index in [9.17, 15) is 0 Å². The molecule has 0 spiro atoms. The second kappa shape index (κ2) is 8.09. The van der Waals surface area contributed by atoms with E-state index < -0.39 is 13.7 Å². The van der Waals surface area contributed by atoms with E-state index in [4.69, 9.17) is 9.90 Å². The van der Waals surface area contributed by atoms with Crippen LogP contribution in [0.3, 0.4) is 0 Å². The lowest BCUT2D eigenvalue weighted by Gasteiger charge is -2.27. The monoisotopic (exact) mass is 348 g/mol. The minimum atomic E-state index is -1.51. The summed E-state index contributed by atoms with van der Waals surface area (Å²) in [7, 11) is -1.51. The minimum Gasteiger partial charge on any atom is -0.554 e. The Labute approximate surface area is 149 Å². The maximum absolute atomic E-state index is 8.25. The zero-order valence-corrected chi connectivity index (χ0v) is 14.9. The summed E-state index contributed by atoms with van der Waals surface area (Å²) < 4.78 is 0. The van der Waals surface area contributed by atoms with Crippen LogP contribution < -0.4 is 21.0 Å². The summed E-state index contributed by atoms with van der Waals surface area (Å²) in [6, 6.07) is 33.6. The molecule has 0 N–H and O–H groups in total. The van der Waals surface area contributed by atoms with Gasteiger partial charge in [-0.3, -0.25) is 0 Å². The van der Waals surface area contributed by atoms with E-state index in [0.717, 1.165) is 5.66 Å².